The summed E-state index contributed by atoms with van der Waals surface area (Å²) in [6.07, 6.45) is 5.31. The molecule has 0 aliphatic carbocycles. The first-order valence-electron chi connectivity index (χ1n) is 6.26. The summed E-state index contributed by atoms with van der Waals surface area (Å²) in [4.78, 5) is 3.96. The smallest absolute Gasteiger partial charge is 0.127 e. The van der Waals surface area contributed by atoms with Crippen LogP contribution in [0.2, 0.25) is 0 Å². The van der Waals surface area contributed by atoms with Crippen LogP contribution in [-0.2, 0) is 6.54 Å². The van der Waals surface area contributed by atoms with Crippen molar-refractivity contribution in [1.82, 2.24) is 14.9 Å². The lowest BCUT2D eigenvalue weighted by Gasteiger charge is -2.16. The van der Waals surface area contributed by atoms with E-state index >= 15 is 0 Å². The number of benzene rings is 1. The zero-order chi connectivity index (χ0) is 13.7. The summed E-state index contributed by atoms with van der Waals surface area (Å²) >= 11 is 0. The van der Waals surface area contributed by atoms with Gasteiger partial charge < -0.3 is 14.6 Å². The Morgan fingerprint density at radius 1 is 1.47 bits per heavy atom. The van der Waals surface area contributed by atoms with E-state index < -0.39 is 0 Å². The number of imidazole rings is 1. The van der Waals surface area contributed by atoms with Gasteiger partial charge in [-0.3, -0.25) is 0 Å². The molecule has 0 fully saturated rings. The van der Waals surface area contributed by atoms with Gasteiger partial charge in [0, 0.05) is 30.1 Å². The Labute approximate surface area is 112 Å². The monoisotopic (exact) mass is 263 g/mol. The average Bonchev–Trinajstić information content (AvgIpc) is 2.91. The molecule has 1 atom stereocenters. The number of rotatable bonds is 6. The van der Waals surface area contributed by atoms with Gasteiger partial charge in [0.25, 0.3) is 0 Å². The first-order valence-corrected chi connectivity index (χ1v) is 6.26. The molecule has 2 rings (SSSR count). The normalized spacial score (nSPS) is 12.4. The van der Waals surface area contributed by atoms with E-state index in [4.69, 9.17) is 4.74 Å². The second-order valence-electron chi connectivity index (χ2n) is 4.34. The van der Waals surface area contributed by atoms with E-state index in [2.05, 4.69) is 10.3 Å². The van der Waals surface area contributed by atoms with Gasteiger partial charge in [-0.25, -0.2) is 9.37 Å². The lowest BCUT2D eigenvalue weighted by molar-refractivity contribution is 0.291. The van der Waals surface area contributed by atoms with Gasteiger partial charge in [-0.05, 0) is 20.0 Å². The summed E-state index contributed by atoms with van der Waals surface area (Å²) in [6, 6.07) is 4.75. The lowest BCUT2D eigenvalue weighted by Crippen LogP contribution is -2.15. The maximum absolute atomic E-state index is 13.3. The van der Waals surface area contributed by atoms with Crippen LogP contribution in [0.15, 0.2) is 36.9 Å². The second-order valence-corrected chi connectivity index (χ2v) is 4.34. The summed E-state index contributed by atoms with van der Waals surface area (Å²) in [5.74, 6) is 0.298. The lowest BCUT2D eigenvalue weighted by atomic mass is 10.1. The first kappa shape index (κ1) is 13.5. The Bertz CT molecular complexity index is 513. The molecule has 5 heteroatoms. The Morgan fingerprint density at radius 3 is 3.00 bits per heavy atom. The van der Waals surface area contributed by atoms with Crippen LogP contribution in [-0.4, -0.2) is 23.2 Å². The van der Waals surface area contributed by atoms with E-state index in [1.807, 2.05) is 24.7 Å². The minimum Gasteiger partial charge on any atom is -0.491 e. The quantitative estimate of drug-likeness (QED) is 0.869. The van der Waals surface area contributed by atoms with Crippen molar-refractivity contribution in [1.29, 1.82) is 0 Å². The van der Waals surface area contributed by atoms with Crippen molar-refractivity contribution in [2.75, 3.05) is 13.7 Å². The highest BCUT2D eigenvalue weighted by atomic mass is 19.1. The van der Waals surface area contributed by atoms with Crippen molar-refractivity contribution in [2.24, 2.45) is 0 Å². The Hall–Kier alpha value is -1.88. The fourth-order valence-corrected chi connectivity index (χ4v) is 1.83. The molecule has 0 spiro atoms. The summed E-state index contributed by atoms with van der Waals surface area (Å²) in [5, 5.41) is 3.13. The minimum absolute atomic E-state index is 0.115. The number of ether oxygens (including phenoxy) is 1. The highest BCUT2D eigenvalue weighted by Crippen LogP contribution is 2.25. The molecule has 1 N–H and O–H groups in total. The van der Waals surface area contributed by atoms with Gasteiger partial charge in [-0.2, -0.15) is 0 Å². The zero-order valence-electron chi connectivity index (χ0n) is 11.1. The molecule has 0 saturated heterocycles. The SMILES string of the molecule is CNC(C)c1ccc(F)cc1OCCn1ccnc1. The van der Waals surface area contributed by atoms with Gasteiger partial charge in [0.05, 0.1) is 12.9 Å². The number of hydrogen-bond acceptors (Lipinski definition) is 3. The van der Waals surface area contributed by atoms with E-state index in [9.17, 15) is 4.39 Å². The predicted octanol–water partition coefficient (Wildman–Crippen LogP) is 2.38. The third kappa shape index (κ3) is 3.54. The number of nitrogens with zero attached hydrogens (tertiary/aromatic N) is 2. The molecule has 102 valence electrons. The summed E-state index contributed by atoms with van der Waals surface area (Å²) in [6.45, 7) is 3.17. The Kier molecular flexibility index (Phi) is 4.52. The topological polar surface area (TPSA) is 39.1 Å². The van der Waals surface area contributed by atoms with Gasteiger partial charge >= 0.3 is 0 Å². The van der Waals surface area contributed by atoms with Gasteiger partial charge in [-0.1, -0.05) is 6.07 Å². The molecule has 1 aromatic heterocycles. The largest absolute Gasteiger partial charge is 0.491 e. The Morgan fingerprint density at radius 2 is 2.32 bits per heavy atom. The van der Waals surface area contributed by atoms with Crippen LogP contribution in [0.3, 0.4) is 0 Å². The van der Waals surface area contributed by atoms with Crippen molar-refractivity contribution in [3.8, 4) is 5.75 Å². The molecular formula is C14H18FN3O. The number of halogens is 1. The molecule has 19 heavy (non-hydrogen) atoms. The summed E-state index contributed by atoms with van der Waals surface area (Å²) in [5.41, 5.74) is 0.953. The fraction of sp³-hybridized carbons (Fsp3) is 0.357. The van der Waals surface area contributed by atoms with Crippen LogP contribution in [0.4, 0.5) is 4.39 Å². The van der Waals surface area contributed by atoms with Crippen LogP contribution in [0.25, 0.3) is 0 Å². The first-order chi connectivity index (χ1) is 9.20. The Balaban J connectivity index is 2.03. The molecule has 0 bridgehead atoms. The highest BCUT2D eigenvalue weighted by molar-refractivity contribution is 5.36. The fourth-order valence-electron chi connectivity index (χ4n) is 1.83. The summed E-state index contributed by atoms with van der Waals surface area (Å²) in [7, 11) is 1.86. The average molecular weight is 263 g/mol. The maximum atomic E-state index is 13.3. The van der Waals surface area contributed by atoms with E-state index in [0.717, 1.165) is 5.56 Å². The molecule has 4 nitrogen and oxygen atoms in total. The molecule has 1 heterocycles. The van der Waals surface area contributed by atoms with Crippen molar-refractivity contribution >= 4 is 0 Å². The minimum atomic E-state index is -0.287. The van der Waals surface area contributed by atoms with Crippen LogP contribution in [0.1, 0.15) is 18.5 Å². The molecule has 1 aromatic carbocycles. The molecule has 0 aliphatic heterocycles. The molecule has 0 saturated carbocycles. The van der Waals surface area contributed by atoms with Gasteiger partial charge in [-0.15, -0.1) is 0 Å². The van der Waals surface area contributed by atoms with Crippen molar-refractivity contribution < 1.29 is 9.13 Å². The van der Waals surface area contributed by atoms with Crippen molar-refractivity contribution in [3.05, 3.63) is 48.3 Å². The molecule has 1 unspecified atom stereocenters. The van der Waals surface area contributed by atoms with Crippen LogP contribution in [0, 0.1) is 5.82 Å². The maximum Gasteiger partial charge on any atom is 0.127 e. The predicted molar refractivity (Wildman–Crippen MR) is 71.6 cm³/mol. The summed E-state index contributed by atoms with van der Waals surface area (Å²) < 4.78 is 20.9. The van der Waals surface area contributed by atoms with Crippen LogP contribution < -0.4 is 10.1 Å². The van der Waals surface area contributed by atoms with E-state index in [1.165, 1.54) is 12.1 Å². The molecule has 2 aromatic rings. The second kappa shape index (κ2) is 6.33. The van der Waals surface area contributed by atoms with Gasteiger partial charge in [0.15, 0.2) is 0 Å². The molecule has 0 amide bonds. The van der Waals surface area contributed by atoms with Crippen LogP contribution in [0.5, 0.6) is 5.75 Å². The van der Waals surface area contributed by atoms with Gasteiger partial charge in [0.1, 0.15) is 18.2 Å². The standard InChI is InChI=1S/C14H18FN3O/c1-11(16-2)13-4-3-12(15)9-14(13)19-8-7-18-6-5-17-10-18/h3-6,9-11,16H,7-8H2,1-2H3. The van der Waals surface area contributed by atoms with E-state index in [0.29, 0.717) is 18.9 Å². The van der Waals surface area contributed by atoms with Gasteiger partial charge in [0.2, 0.25) is 0 Å². The molecular weight excluding hydrogens is 245 g/mol. The zero-order valence-corrected chi connectivity index (χ0v) is 11.1. The third-order valence-electron chi connectivity index (χ3n) is 3.04. The van der Waals surface area contributed by atoms with Crippen molar-refractivity contribution in [3.63, 3.8) is 0 Å². The molecule has 0 aliphatic rings. The van der Waals surface area contributed by atoms with E-state index in [-0.39, 0.29) is 11.9 Å². The molecule has 0 radical (unpaired) electrons. The number of hydrogen-bond donors (Lipinski definition) is 1. The third-order valence-corrected chi connectivity index (χ3v) is 3.04. The van der Waals surface area contributed by atoms with E-state index in [1.54, 1.807) is 18.6 Å². The van der Waals surface area contributed by atoms with Crippen LogP contribution >= 0.6 is 0 Å². The number of aromatic nitrogens is 2. The van der Waals surface area contributed by atoms with Crippen molar-refractivity contribution in [2.45, 2.75) is 19.5 Å². The highest BCUT2D eigenvalue weighted by Gasteiger charge is 2.11. The number of nitrogens with one attached hydrogen (secondary N) is 1.